The first-order valence-electron chi connectivity index (χ1n) is 5.70. The maximum absolute atomic E-state index is 11.4. The number of aryl methyl sites for hydroxylation is 1. The number of thiazole rings is 1. The number of ether oxygens (including phenoxy) is 1. The molecular formula is C13H12ClN3O2S. The second-order valence-electron chi connectivity index (χ2n) is 3.85. The molecule has 0 saturated heterocycles. The zero-order chi connectivity index (χ0) is 14.5. The topological polar surface area (TPSA) is 63.6 Å². The summed E-state index contributed by atoms with van der Waals surface area (Å²) < 4.78 is 4.67. The first-order valence-corrected chi connectivity index (χ1v) is 6.90. The van der Waals surface area contributed by atoms with Gasteiger partial charge in [-0.05, 0) is 24.6 Å². The van der Waals surface area contributed by atoms with Gasteiger partial charge in [-0.25, -0.2) is 9.78 Å². The van der Waals surface area contributed by atoms with Crippen LogP contribution < -0.4 is 5.43 Å². The average molecular weight is 310 g/mol. The van der Waals surface area contributed by atoms with Gasteiger partial charge >= 0.3 is 5.97 Å². The third-order valence-electron chi connectivity index (χ3n) is 2.39. The van der Waals surface area contributed by atoms with Gasteiger partial charge in [-0.2, -0.15) is 5.10 Å². The van der Waals surface area contributed by atoms with Crippen LogP contribution in [0.2, 0.25) is 5.02 Å². The molecule has 7 heteroatoms. The van der Waals surface area contributed by atoms with Gasteiger partial charge in [-0.1, -0.05) is 35.1 Å². The maximum atomic E-state index is 11.4. The predicted molar refractivity (Wildman–Crippen MR) is 80.9 cm³/mol. The molecule has 1 N–H and O–H groups in total. The molecule has 0 saturated carbocycles. The number of nitrogens with one attached hydrogen (secondary N) is 1. The van der Waals surface area contributed by atoms with Crippen LogP contribution in [0.15, 0.2) is 29.4 Å². The molecule has 20 heavy (non-hydrogen) atoms. The Labute approximate surface area is 125 Å². The molecule has 0 aliphatic carbocycles. The third-order valence-corrected chi connectivity index (χ3v) is 3.67. The number of hydrogen-bond donors (Lipinski definition) is 1. The minimum Gasteiger partial charge on any atom is -0.465 e. The molecule has 2 aromatic rings. The summed E-state index contributed by atoms with van der Waals surface area (Å²) in [5.41, 5.74) is 4.26. The van der Waals surface area contributed by atoms with Crippen molar-refractivity contribution in [3.63, 3.8) is 0 Å². The van der Waals surface area contributed by atoms with E-state index in [-0.39, 0.29) is 0 Å². The van der Waals surface area contributed by atoms with E-state index in [0.717, 1.165) is 5.56 Å². The molecule has 0 bridgehead atoms. The van der Waals surface area contributed by atoms with Gasteiger partial charge < -0.3 is 4.74 Å². The van der Waals surface area contributed by atoms with Crippen molar-refractivity contribution >= 4 is 40.3 Å². The van der Waals surface area contributed by atoms with Crippen LogP contribution in [-0.4, -0.2) is 24.3 Å². The van der Waals surface area contributed by atoms with Crippen LogP contribution in [0.1, 0.15) is 20.9 Å². The van der Waals surface area contributed by atoms with Gasteiger partial charge in [0, 0.05) is 5.02 Å². The Kier molecular flexibility index (Phi) is 4.70. The third kappa shape index (κ3) is 3.55. The van der Waals surface area contributed by atoms with Crippen molar-refractivity contribution in [1.82, 2.24) is 4.98 Å². The summed E-state index contributed by atoms with van der Waals surface area (Å²) in [6, 6.07) is 7.30. The highest BCUT2D eigenvalue weighted by Gasteiger charge is 2.15. The molecule has 2 rings (SSSR count). The van der Waals surface area contributed by atoms with Gasteiger partial charge in [0.05, 0.1) is 19.0 Å². The van der Waals surface area contributed by atoms with Crippen molar-refractivity contribution in [3.8, 4) is 0 Å². The molecule has 0 atom stereocenters. The van der Waals surface area contributed by atoms with E-state index in [1.165, 1.54) is 18.4 Å². The SMILES string of the molecule is COC(=O)c1sc(N/N=C/c2cccc(Cl)c2)nc1C. The smallest absolute Gasteiger partial charge is 0.350 e. The molecule has 1 heterocycles. The Hall–Kier alpha value is -1.92. The molecular weight excluding hydrogens is 298 g/mol. The van der Waals surface area contributed by atoms with E-state index in [2.05, 4.69) is 20.2 Å². The monoisotopic (exact) mass is 309 g/mol. The van der Waals surface area contributed by atoms with Gasteiger partial charge in [0.25, 0.3) is 0 Å². The highest BCUT2D eigenvalue weighted by atomic mass is 35.5. The molecule has 0 aliphatic heterocycles. The molecule has 0 amide bonds. The minimum atomic E-state index is -0.396. The lowest BCUT2D eigenvalue weighted by Gasteiger charge is -1.95. The summed E-state index contributed by atoms with van der Waals surface area (Å²) in [4.78, 5) is 16.1. The maximum Gasteiger partial charge on any atom is 0.350 e. The van der Waals surface area contributed by atoms with Crippen molar-refractivity contribution in [2.24, 2.45) is 5.10 Å². The number of hydrogen-bond acceptors (Lipinski definition) is 6. The molecule has 1 aromatic carbocycles. The Morgan fingerprint density at radius 1 is 1.55 bits per heavy atom. The van der Waals surface area contributed by atoms with E-state index in [9.17, 15) is 4.79 Å². The summed E-state index contributed by atoms with van der Waals surface area (Å²) in [6.45, 7) is 1.74. The van der Waals surface area contributed by atoms with E-state index in [1.54, 1.807) is 25.3 Å². The number of benzene rings is 1. The van der Waals surface area contributed by atoms with E-state index in [1.807, 2.05) is 12.1 Å². The molecule has 1 aromatic heterocycles. The van der Waals surface area contributed by atoms with Crippen LogP contribution in [0.5, 0.6) is 0 Å². The average Bonchev–Trinajstić information content (AvgIpc) is 2.79. The minimum absolute atomic E-state index is 0.396. The van der Waals surface area contributed by atoms with Crippen molar-refractivity contribution in [3.05, 3.63) is 45.4 Å². The molecule has 0 unspecified atom stereocenters. The first kappa shape index (κ1) is 14.5. The number of aromatic nitrogens is 1. The molecule has 0 radical (unpaired) electrons. The predicted octanol–water partition coefficient (Wildman–Crippen LogP) is 3.34. The Morgan fingerprint density at radius 3 is 3.05 bits per heavy atom. The second-order valence-corrected chi connectivity index (χ2v) is 5.29. The van der Waals surface area contributed by atoms with E-state index >= 15 is 0 Å². The number of methoxy groups -OCH3 is 1. The fourth-order valence-corrected chi connectivity index (χ4v) is 2.51. The highest BCUT2D eigenvalue weighted by Crippen LogP contribution is 2.23. The van der Waals surface area contributed by atoms with E-state index in [4.69, 9.17) is 11.6 Å². The van der Waals surface area contributed by atoms with Crippen LogP contribution >= 0.6 is 22.9 Å². The molecule has 104 valence electrons. The molecule has 0 aliphatic rings. The van der Waals surface area contributed by atoms with Crippen molar-refractivity contribution in [2.75, 3.05) is 12.5 Å². The van der Waals surface area contributed by atoms with Crippen molar-refractivity contribution < 1.29 is 9.53 Å². The van der Waals surface area contributed by atoms with E-state index < -0.39 is 5.97 Å². The lowest BCUT2D eigenvalue weighted by Crippen LogP contribution is -1.99. The molecule has 5 nitrogen and oxygen atoms in total. The number of esters is 1. The fraction of sp³-hybridized carbons (Fsp3) is 0.154. The first-order chi connectivity index (χ1) is 9.60. The summed E-state index contributed by atoms with van der Waals surface area (Å²) in [5.74, 6) is -0.396. The number of halogens is 1. The van der Waals surface area contributed by atoms with Crippen molar-refractivity contribution in [1.29, 1.82) is 0 Å². The van der Waals surface area contributed by atoms with Gasteiger partial charge in [0.1, 0.15) is 4.88 Å². The quantitative estimate of drug-likeness (QED) is 0.534. The fourth-order valence-electron chi connectivity index (χ4n) is 1.48. The number of carbonyl (C=O) groups excluding carboxylic acids is 1. The molecule has 0 spiro atoms. The van der Waals surface area contributed by atoms with E-state index in [0.29, 0.717) is 20.7 Å². The van der Waals surface area contributed by atoms with Crippen LogP contribution in [0.4, 0.5) is 5.13 Å². The highest BCUT2D eigenvalue weighted by molar-refractivity contribution is 7.17. The number of carbonyl (C=O) groups is 1. The summed E-state index contributed by atoms with van der Waals surface area (Å²) in [6.07, 6.45) is 1.63. The van der Waals surface area contributed by atoms with Crippen LogP contribution in [0.25, 0.3) is 0 Å². The summed E-state index contributed by atoms with van der Waals surface area (Å²) >= 11 is 7.07. The van der Waals surface area contributed by atoms with Gasteiger partial charge in [0.15, 0.2) is 0 Å². The number of nitrogens with zero attached hydrogens (tertiary/aromatic N) is 2. The van der Waals surface area contributed by atoms with Crippen LogP contribution in [-0.2, 0) is 4.74 Å². The lowest BCUT2D eigenvalue weighted by molar-refractivity contribution is 0.0605. The zero-order valence-electron chi connectivity index (χ0n) is 10.9. The molecule has 0 fully saturated rings. The van der Waals surface area contributed by atoms with Crippen LogP contribution in [0, 0.1) is 6.92 Å². The van der Waals surface area contributed by atoms with Gasteiger partial charge in [-0.3, -0.25) is 5.43 Å². The summed E-state index contributed by atoms with van der Waals surface area (Å²) in [7, 11) is 1.34. The number of rotatable bonds is 4. The Bertz CT molecular complexity index is 655. The Balaban J connectivity index is 2.06. The normalized spacial score (nSPS) is 10.8. The summed E-state index contributed by atoms with van der Waals surface area (Å²) in [5, 5.41) is 5.23. The largest absolute Gasteiger partial charge is 0.465 e. The number of hydrazone groups is 1. The zero-order valence-corrected chi connectivity index (χ0v) is 12.5. The number of anilines is 1. The van der Waals surface area contributed by atoms with Crippen molar-refractivity contribution in [2.45, 2.75) is 6.92 Å². The van der Waals surface area contributed by atoms with Gasteiger partial charge in [0.2, 0.25) is 5.13 Å². The Morgan fingerprint density at radius 2 is 2.35 bits per heavy atom. The standard InChI is InChI=1S/C13H12ClN3O2S/c1-8-11(12(18)19-2)20-13(16-8)17-15-7-9-4-3-5-10(14)6-9/h3-7H,1-2H3,(H,16,17)/b15-7+. The van der Waals surface area contributed by atoms with Crippen LogP contribution in [0.3, 0.4) is 0 Å². The second kappa shape index (κ2) is 6.49. The van der Waals surface area contributed by atoms with Gasteiger partial charge in [-0.15, -0.1) is 0 Å². The lowest BCUT2D eigenvalue weighted by atomic mass is 10.2.